The zero-order chi connectivity index (χ0) is 19.9. The van der Waals surface area contributed by atoms with Gasteiger partial charge in [0.25, 0.3) is 5.91 Å². The van der Waals surface area contributed by atoms with Crippen LogP contribution in [-0.4, -0.2) is 30.1 Å². The minimum Gasteiger partial charge on any atom is -0.494 e. The van der Waals surface area contributed by atoms with Gasteiger partial charge in [-0.3, -0.25) is 9.59 Å². The SMILES string of the molecule is CCCCOc1ccc(C(=O)NCC(=O)Nc2cc(C(C)(C)C)on2)cc1. The van der Waals surface area contributed by atoms with Crippen LogP contribution in [0.15, 0.2) is 34.9 Å². The number of nitrogens with zero attached hydrogens (tertiary/aromatic N) is 1. The monoisotopic (exact) mass is 373 g/mol. The maximum absolute atomic E-state index is 12.1. The first kappa shape index (κ1) is 20.5. The molecule has 0 unspecified atom stereocenters. The molecule has 1 aromatic carbocycles. The standard InChI is InChI=1S/C20H27N3O4/c1-5-6-11-26-15-9-7-14(8-10-15)19(25)21-13-18(24)22-17-12-16(27-23-17)20(2,3)4/h7-10,12H,5-6,11,13H2,1-4H3,(H,21,25)(H,22,23,24). The minimum atomic E-state index is -0.378. The van der Waals surface area contributed by atoms with Gasteiger partial charge in [-0.15, -0.1) is 0 Å². The highest BCUT2D eigenvalue weighted by atomic mass is 16.5. The van der Waals surface area contributed by atoms with Gasteiger partial charge >= 0.3 is 0 Å². The number of anilines is 1. The summed E-state index contributed by atoms with van der Waals surface area (Å²) in [5.41, 5.74) is 0.262. The van der Waals surface area contributed by atoms with Gasteiger partial charge in [0, 0.05) is 17.0 Å². The minimum absolute atomic E-state index is 0.161. The summed E-state index contributed by atoms with van der Waals surface area (Å²) in [4.78, 5) is 24.1. The molecule has 27 heavy (non-hydrogen) atoms. The Morgan fingerprint density at radius 2 is 1.89 bits per heavy atom. The van der Waals surface area contributed by atoms with Gasteiger partial charge in [0.2, 0.25) is 5.91 Å². The van der Waals surface area contributed by atoms with E-state index in [1.165, 1.54) is 0 Å². The number of carbonyl (C=O) groups excluding carboxylic acids is 2. The molecule has 2 amide bonds. The highest BCUT2D eigenvalue weighted by Crippen LogP contribution is 2.24. The Hall–Kier alpha value is -2.83. The van der Waals surface area contributed by atoms with Gasteiger partial charge in [-0.05, 0) is 30.7 Å². The van der Waals surface area contributed by atoms with Crippen LogP contribution in [0.4, 0.5) is 5.82 Å². The number of hydrogen-bond acceptors (Lipinski definition) is 5. The molecule has 1 heterocycles. The zero-order valence-corrected chi connectivity index (χ0v) is 16.3. The van der Waals surface area contributed by atoms with Crippen molar-refractivity contribution in [2.24, 2.45) is 0 Å². The van der Waals surface area contributed by atoms with Crippen LogP contribution < -0.4 is 15.4 Å². The van der Waals surface area contributed by atoms with E-state index < -0.39 is 0 Å². The van der Waals surface area contributed by atoms with Crippen molar-refractivity contribution in [3.05, 3.63) is 41.7 Å². The van der Waals surface area contributed by atoms with E-state index in [2.05, 4.69) is 22.7 Å². The molecule has 0 atom stereocenters. The smallest absolute Gasteiger partial charge is 0.251 e. The first-order valence-electron chi connectivity index (χ1n) is 9.07. The average Bonchev–Trinajstić information content (AvgIpc) is 3.09. The Labute approximate surface area is 159 Å². The summed E-state index contributed by atoms with van der Waals surface area (Å²) < 4.78 is 10.8. The molecule has 0 fully saturated rings. The van der Waals surface area contributed by atoms with Crippen LogP contribution in [0.3, 0.4) is 0 Å². The van der Waals surface area contributed by atoms with Gasteiger partial charge in [0.1, 0.15) is 11.5 Å². The van der Waals surface area contributed by atoms with E-state index in [1.54, 1.807) is 30.3 Å². The summed E-state index contributed by atoms with van der Waals surface area (Å²) in [6, 6.07) is 8.50. The molecule has 0 aliphatic rings. The van der Waals surface area contributed by atoms with Crippen LogP contribution in [0, 0.1) is 0 Å². The number of carbonyl (C=O) groups is 2. The van der Waals surface area contributed by atoms with Crippen molar-refractivity contribution in [2.75, 3.05) is 18.5 Å². The van der Waals surface area contributed by atoms with Gasteiger partial charge in [-0.2, -0.15) is 0 Å². The van der Waals surface area contributed by atoms with Crippen molar-refractivity contribution in [3.8, 4) is 5.75 Å². The first-order valence-corrected chi connectivity index (χ1v) is 9.07. The second-order valence-corrected chi connectivity index (χ2v) is 7.28. The largest absolute Gasteiger partial charge is 0.494 e. The molecule has 1 aromatic heterocycles. The van der Waals surface area contributed by atoms with Gasteiger partial charge in [-0.1, -0.05) is 39.3 Å². The molecule has 2 N–H and O–H groups in total. The van der Waals surface area contributed by atoms with Crippen molar-refractivity contribution >= 4 is 17.6 Å². The van der Waals surface area contributed by atoms with E-state index in [-0.39, 0.29) is 23.8 Å². The maximum atomic E-state index is 12.1. The predicted octanol–water partition coefficient (Wildman–Crippen LogP) is 3.52. The first-order chi connectivity index (χ1) is 12.8. The summed E-state index contributed by atoms with van der Waals surface area (Å²) in [6.07, 6.45) is 2.05. The molecule has 0 radical (unpaired) electrons. The van der Waals surface area contributed by atoms with E-state index in [1.807, 2.05) is 20.8 Å². The molecular weight excluding hydrogens is 346 g/mol. The van der Waals surface area contributed by atoms with E-state index >= 15 is 0 Å². The van der Waals surface area contributed by atoms with E-state index in [9.17, 15) is 9.59 Å². The fourth-order valence-electron chi connectivity index (χ4n) is 2.17. The van der Waals surface area contributed by atoms with Gasteiger partial charge in [0.05, 0.1) is 13.2 Å². The van der Waals surface area contributed by atoms with Crippen molar-refractivity contribution < 1.29 is 18.8 Å². The molecule has 7 heteroatoms. The van der Waals surface area contributed by atoms with Crippen molar-refractivity contribution in [1.29, 1.82) is 0 Å². The quantitative estimate of drug-likeness (QED) is 0.691. The number of hydrogen-bond donors (Lipinski definition) is 2. The molecule has 0 bridgehead atoms. The second-order valence-electron chi connectivity index (χ2n) is 7.28. The molecule has 0 spiro atoms. The van der Waals surface area contributed by atoms with E-state index in [4.69, 9.17) is 9.26 Å². The number of nitrogens with one attached hydrogen (secondary N) is 2. The van der Waals surface area contributed by atoms with Crippen LogP contribution in [0.2, 0.25) is 0 Å². The number of amides is 2. The molecule has 0 aliphatic carbocycles. The molecule has 146 valence electrons. The predicted molar refractivity (Wildman–Crippen MR) is 103 cm³/mol. The van der Waals surface area contributed by atoms with Crippen molar-refractivity contribution in [3.63, 3.8) is 0 Å². The number of ether oxygens (including phenoxy) is 1. The topological polar surface area (TPSA) is 93.5 Å². The highest BCUT2D eigenvalue weighted by molar-refractivity contribution is 5.99. The lowest BCUT2D eigenvalue weighted by Gasteiger charge is -2.12. The van der Waals surface area contributed by atoms with Crippen molar-refractivity contribution in [2.45, 2.75) is 46.0 Å². The lowest BCUT2D eigenvalue weighted by molar-refractivity contribution is -0.115. The number of benzene rings is 1. The van der Waals surface area contributed by atoms with E-state index in [0.717, 1.165) is 18.6 Å². The van der Waals surface area contributed by atoms with Crippen LogP contribution in [0.5, 0.6) is 5.75 Å². The van der Waals surface area contributed by atoms with Gasteiger partial charge in [0.15, 0.2) is 5.82 Å². The third kappa shape index (κ3) is 6.44. The molecule has 2 aromatic rings. The van der Waals surface area contributed by atoms with Crippen LogP contribution in [-0.2, 0) is 10.2 Å². The Bertz CT molecular complexity index is 760. The summed E-state index contributed by atoms with van der Waals surface area (Å²) in [6.45, 7) is 8.55. The average molecular weight is 373 g/mol. The molecule has 0 aliphatic heterocycles. The van der Waals surface area contributed by atoms with Gasteiger partial charge < -0.3 is 19.9 Å². The Morgan fingerprint density at radius 1 is 1.19 bits per heavy atom. The molecule has 0 saturated carbocycles. The third-order valence-electron chi connectivity index (χ3n) is 3.81. The number of unbranched alkanes of at least 4 members (excludes halogenated alkanes) is 1. The van der Waals surface area contributed by atoms with Gasteiger partial charge in [-0.25, -0.2) is 0 Å². The molecule has 2 rings (SSSR count). The summed E-state index contributed by atoms with van der Waals surface area (Å²) in [5.74, 6) is 1.01. The lowest BCUT2D eigenvalue weighted by atomic mass is 9.93. The molecular formula is C20H27N3O4. The van der Waals surface area contributed by atoms with Crippen LogP contribution in [0.1, 0.15) is 56.7 Å². The lowest BCUT2D eigenvalue weighted by Crippen LogP contribution is -2.32. The summed E-state index contributed by atoms with van der Waals surface area (Å²) >= 11 is 0. The molecule has 7 nitrogen and oxygen atoms in total. The van der Waals surface area contributed by atoms with Crippen molar-refractivity contribution in [1.82, 2.24) is 10.5 Å². The summed E-state index contributed by atoms with van der Waals surface area (Å²) in [5, 5.41) is 8.99. The summed E-state index contributed by atoms with van der Waals surface area (Å²) in [7, 11) is 0. The maximum Gasteiger partial charge on any atom is 0.251 e. The Kier molecular flexibility index (Phi) is 6.98. The van der Waals surface area contributed by atoms with E-state index in [0.29, 0.717) is 23.7 Å². The second kappa shape index (κ2) is 9.21. The Morgan fingerprint density at radius 3 is 2.48 bits per heavy atom. The number of rotatable bonds is 8. The fourth-order valence-corrected chi connectivity index (χ4v) is 2.17. The Balaban J connectivity index is 1.80. The highest BCUT2D eigenvalue weighted by Gasteiger charge is 2.20. The van der Waals surface area contributed by atoms with Crippen LogP contribution in [0.25, 0.3) is 0 Å². The fraction of sp³-hybridized carbons (Fsp3) is 0.450. The van der Waals surface area contributed by atoms with Crippen LogP contribution >= 0.6 is 0 Å². The normalized spacial score (nSPS) is 11.1. The molecule has 0 saturated heterocycles. The number of aromatic nitrogens is 1. The zero-order valence-electron chi connectivity index (χ0n) is 16.3. The third-order valence-corrected chi connectivity index (χ3v) is 3.81.